The van der Waals surface area contributed by atoms with E-state index in [4.69, 9.17) is 4.74 Å². The van der Waals surface area contributed by atoms with Crippen molar-refractivity contribution in [3.63, 3.8) is 0 Å². The summed E-state index contributed by atoms with van der Waals surface area (Å²) in [5.74, 6) is 1.43. The molecule has 0 N–H and O–H groups in total. The molecule has 0 aliphatic rings. The van der Waals surface area contributed by atoms with Crippen molar-refractivity contribution in [1.29, 1.82) is 0 Å². The van der Waals surface area contributed by atoms with Crippen molar-refractivity contribution in [2.24, 2.45) is 0 Å². The molecule has 0 saturated heterocycles. The number of ether oxygens (including phenoxy) is 1. The van der Waals surface area contributed by atoms with E-state index in [0.29, 0.717) is 5.92 Å². The van der Waals surface area contributed by atoms with E-state index in [1.165, 1.54) is 12.8 Å². The van der Waals surface area contributed by atoms with Gasteiger partial charge >= 0.3 is 0 Å². The Bertz CT molecular complexity index is 281. The third-order valence-electron chi connectivity index (χ3n) is 2.89. The van der Waals surface area contributed by atoms with Crippen LogP contribution >= 0.6 is 0 Å². The van der Waals surface area contributed by atoms with Crippen molar-refractivity contribution in [3.05, 3.63) is 24.0 Å². The number of nitrogens with zero attached hydrogens (tertiary/aromatic N) is 1. The fourth-order valence-corrected chi connectivity index (χ4v) is 1.52. The van der Waals surface area contributed by atoms with Crippen LogP contribution in [0.2, 0.25) is 0 Å². The van der Waals surface area contributed by atoms with Crippen LogP contribution in [-0.4, -0.2) is 11.6 Å². The molecule has 0 aliphatic heterocycles. The van der Waals surface area contributed by atoms with Gasteiger partial charge in [0.1, 0.15) is 5.75 Å². The Morgan fingerprint density at radius 1 is 1.25 bits per heavy atom. The summed E-state index contributed by atoms with van der Waals surface area (Å²) in [6, 6.07) is 4.10. The molecule has 0 aromatic carbocycles. The summed E-state index contributed by atoms with van der Waals surface area (Å²) in [7, 11) is 0. The fraction of sp³-hybridized carbons (Fsp3) is 0.643. The molecule has 1 rings (SSSR count). The van der Waals surface area contributed by atoms with Gasteiger partial charge in [-0.1, -0.05) is 33.6 Å². The van der Waals surface area contributed by atoms with Crippen molar-refractivity contribution >= 4 is 0 Å². The monoisotopic (exact) mass is 221 g/mol. The number of pyridine rings is 1. The van der Waals surface area contributed by atoms with Crippen molar-refractivity contribution in [2.45, 2.75) is 52.4 Å². The van der Waals surface area contributed by atoms with Gasteiger partial charge < -0.3 is 4.74 Å². The second-order valence-corrected chi connectivity index (χ2v) is 4.28. The molecule has 0 bridgehead atoms. The van der Waals surface area contributed by atoms with Gasteiger partial charge in [-0.2, -0.15) is 0 Å². The summed E-state index contributed by atoms with van der Waals surface area (Å²) in [5, 5.41) is 0. The number of hydrogen-bond acceptors (Lipinski definition) is 2. The maximum absolute atomic E-state index is 5.61. The van der Waals surface area contributed by atoms with Gasteiger partial charge in [0.15, 0.2) is 0 Å². The summed E-state index contributed by atoms with van der Waals surface area (Å²) in [6.07, 6.45) is 6.56. The summed E-state index contributed by atoms with van der Waals surface area (Å²) >= 11 is 0. The summed E-state index contributed by atoms with van der Waals surface area (Å²) in [4.78, 5) is 4.42. The summed E-state index contributed by atoms with van der Waals surface area (Å²) in [6.45, 7) is 7.38. The number of unbranched alkanes of at least 4 members (excludes halogenated alkanes) is 2. The molecule has 0 radical (unpaired) electrons. The zero-order chi connectivity index (χ0) is 11.8. The van der Waals surface area contributed by atoms with Crippen molar-refractivity contribution in [3.8, 4) is 5.75 Å². The lowest BCUT2D eigenvalue weighted by atomic mass is 10.0. The van der Waals surface area contributed by atoms with E-state index >= 15 is 0 Å². The summed E-state index contributed by atoms with van der Waals surface area (Å²) < 4.78 is 5.61. The SMILES string of the molecule is CCCCCOc1ccc([C@@H](C)CC)nc1. The zero-order valence-corrected chi connectivity index (χ0v) is 10.7. The van der Waals surface area contributed by atoms with Gasteiger partial charge in [0.05, 0.1) is 12.8 Å². The minimum atomic E-state index is 0.536. The number of aromatic nitrogens is 1. The largest absolute Gasteiger partial charge is 0.492 e. The highest BCUT2D eigenvalue weighted by Crippen LogP contribution is 2.18. The molecule has 1 heterocycles. The van der Waals surface area contributed by atoms with E-state index in [0.717, 1.165) is 30.9 Å². The van der Waals surface area contributed by atoms with E-state index in [1.54, 1.807) is 0 Å². The zero-order valence-electron chi connectivity index (χ0n) is 10.7. The quantitative estimate of drug-likeness (QED) is 0.645. The second kappa shape index (κ2) is 7.26. The molecule has 1 aromatic heterocycles. The Labute approximate surface area is 99.0 Å². The van der Waals surface area contributed by atoms with Gasteiger partial charge in [-0.05, 0) is 30.9 Å². The van der Waals surface area contributed by atoms with E-state index in [-0.39, 0.29) is 0 Å². The molecule has 2 heteroatoms. The molecule has 0 saturated carbocycles. The lowest BCUT2D eigenvalue weighted by Gasteiger charge is -2.09. The highest BCUT2D eigenvalue weighted by molar-refractivity contribution is 5.21. The van der Waals surface area contributed by atoms with Gasteiger partial charge in [-0.3, -0.25) is 4.98 Å². The van der Waals surface area contributed by atoms with Crippen LogP contribution in [0, 0.1) is 0 Å². The first-order valence-corrected chi connectivity index (χ1v) is 6.36. The lowest BCUT2D eigenvalue weighted by Crippen LogP contribution is -1.99. The first-order chi connectivity index (χ1) is 7.77. The smallest absolute Gasteiger partial charge is 0.137 e. The van der Waals surface area contributed by atoms with Crippen LogP contribution in [0.4, 0.5) is 0 Å². The van der Waals surface area contributed by atoms with Crippen LogP contribution in [0.1, 0.15) is 58.1 Å². The molecule has 0 fully saturated rings. The molecule has 0 amide bonds. The van der Waals surface area contributed by atoms with Crippen LogP contribution in [-0.2, 0) is 0 Å². The highest BCUT2D eigenvalue weighted by atomic mass is 16.5. The molecule has 2 nitrogen and oxygen atoms in total. The van der Waals surface area contributed by atoms with Crippen LogP contribution in [0.3, 0.4) is 0 Å². The predicted molar refractivity (Wildman–Crippen MR) is 68.0 cm³/mol. The van der Waals surface area contributed by atoms with E-state index < -0.39 is 0 Å². The Hall–Kier alpha value is -1.05. The molecule has 16 heavy (non-hydrogen) atoms. The van der Waals surface area contributed by atoms with Gasteiger partial charge in [0.25, 0.3) is 0 Å². The third kappa shape index (κ3) is 4.21. The number of hydrogen-bond donors (Lipinski definition) is 0. The van der Waals surface area contributed by atoms with Crippen LogP contribution in [0.25, 0.3) is 0 Å². The summed E-state index contributed by atoms with van der Waals surface area (Å²) in [5.41, 5.74) is 1.16. The van der Waals surface area contributed by atoms with Crippen LogP contribution < -0.4 is 4.74 Å². The van der Waals surface area contributed by atoms with Crippen molar-refractivity contribution in [2.75, 3.05) is 6.61 Å². The van der Waals surface area contributed by atoms with Crippen molar-refractivity contribution < 1.29 is 4.74 Å². The van der Waals surface area contributed by atoms with Crippen LogP contribution in [0.15, 0.2) is 18.3 Å². The maximum atomic E-state index is 5.61. The van der Waals surface area contributed by atoms with Crippen LogP contribution in [0.5, 0.6) is 5.75 Å². The molecule has 1 aromatic rings. The molecular weight excluding hydrogens is 198 g/mol. The molecule has 90 valence electrons. The van der Waals surface area contributed by atoms with Gasteiger partial charge in [-0.25, -0.2) is 0 Å². The molecule has 0 aliphatic carbocycles. The van der Waals surface area contributed by atoms with Crippen molar-refractivity contribution in [1.82, 2.24) is 4.98 Å². The van der Waals surface area contributed by atoms with Gasteiger partial charge in [-0.15, -0.1) is 0 Å². The molecule has 0 unspecified atom stereocenters. The fourth-order valence-electron chi connectivity index (χ4n) is 1.52. The molecule has 1 atom stereocenters. The highest BCUT2D eigenvalue weighted by Gasteiger charge is 2.04. The standard InChI is InChI=1S/C14H23NO/c1-4-6-7-10-16-13-8-9-14(15-11-13)12(3)5-2/h8-9,11-12H,4-7,10H2,1-3H3/t12-/m0/s1. The Kier molecular flexibility index (Phi) is 5.91. The van der Waals surface area contributed by atoms with E-state index in [9.17, 15) is 0 Å². The van der Waals surface area contributed by atoms with E-state index in [1.807, 2.05) is 12.3 Å². The lowest BCUT2D eigenvalue weighted by molar-refractivity contribution is 0.305. The average Bonchev–Trinajstić information content (AvgIpc) is 2.34. The van der Waals surface area contributed by atoms with Gasteiger partial charge in [0.2, 0.25) is 0 Å². The Morgan fingerprint density at radius 2 is 2.06 bits per heavy atom. The minimum Gasteiger partial charge on any atom is -0.492 e. The normalized spacial score (nSPS) is 12.4. The Morgan fingerprint density at radius 3 is 2.62 bits per heavy atom. The Balaban J connectivity index is 2.39. The number of rotatable bonds is 7. The maximum Gasteiger partial charge on any atom is 0.137 e. The van der Waals surface area contributed by atoms with Gasteiger partial charge in [0, 0.05) is 5.69 Å². The minimum absolute atomic E-state index is 0.536. The molecular formula is C14H23NO. The molecule has 0 spiro atoms. The van der Waals surface area contributed by atoms with E-state index in [2.05, 4.69) is 31.8 Å². The second-order valence-electron chi connectivity index (χ2n) is 4.28. The topological polar surface area (TPSA) is 22.1 Å². The predicted octanol–water partition coefficient (Wildman–Crippen LogP) is 4.16. The third-order valence-corrected chi connectivity index (χ3v) is 2.89. The first kappa shape index (κ1) is 13.0. The first-order valence-electron chi connectivity index (χ1n) is 6.36. The average molecular weight is 221 g/mol.